The van der Waals surface area contributed by atoms with E-state index in [4.69, 9.17) is 18.6 Å². The highest BCUT2D eigenvalue weighted by Gasteiger charge is 2.23. The summed E-state index contributed by atoms with van der Waals surface area (Å²) in [5.41, 5.74) is 1.12. The molecule has 26 heavy (non-hydrogen) atoms. The SMILES string of the molecule is COC(=O)C[C@@H](NC(=O)c1cc(C)oc1C)c1ccc(OC)c(OC)c1. The molecule has 0 fully saturated rings. The van der Waals surface area contributed by atoms with Crippen molar-refractivity contribution in [3.05, 3.63) is 46.9 Å². The van der Waals surface area contributed by atoms with Crippen LogP contribution in [0.4, 0.5) is 0 Å². The van der Waals surface area contributed by atoms with Gasteiger partial charge < -0.3 is 23.9 Å². The lowest BCUT2D eigenvalue weighted by Crippen LogP contribution is -2.30. The molecule has 2 rings (SSSR count). The van der Waals surface area contributed by atoms with Crippen molar-refractivity contribution < 1.29 is 28.2 Å². The first-order chi connectivity index (χ1) is 12.4. The summed E-state index contributed by atoms with van der Waals surface area (Å²) in [5.74, 6) is 1.45. The summed E-state index contributed by atoms with van der Waals surface area (Å²) >= 11 is 0. The molecule has 1 N–H and O–H groups in total. The van der Waals surface area contributed by atoms with Crippen molar-refractivity contribution in [1.29, 1.82) is 0 Å². The second kappa shape index (κ2) is 8.42. The molecule has 0 saturated heterocycles. The van der Waals surface area contributed by atoms with Crippen molar-refractivity contribution in [3.63, 3.8) is 0 Å². The number of methoxy groups -OCH3 is 3. The lowest BCUT2D eigenvalue weighted by Gasteiger charge is -2.19. The molecule has 1 aromatic carbocycles. The number of hydrogen-bond donors (Lipinski definition) is 1. The number of carbonyl (C=O) groups excluding carboxylic acids is 2. The van der Waals surface area contributed by atoms with E-state index in [1.807, 2.05) is 0 Å². The van der Waals surface area contributed by atoms with Crippen LogP contribution < -0.4 is 14.8 Å². The van der Waals surface area contributed by atoms with E-state index in [-0.39, 0.29) is 12.3 Å². The minimum Gasteiger partial charge on any atom is -0.493 e. The van der Waals surface area contributed by atoms with Gasteiger partial charge in [0.2, 0.25) is 0 Å². The van der Waals surface area contributed by atoms with Gasteiger partial charge in [0.25, 0.3) is 5.91 Å². The highest BCUT2D eigenvalue weighted by molar-refractivity contribution is 5.95. The van der Waals surface area contributed by atoms with Crippen molar-refractivity contribution in [2.75, 3.05) is 21.3 Å². The molecule has 140 valence electrons. The zero-order valence-corrected chi connectivity index (χ0v) is 15.5. The number of carbonyl (C=O) groups is 2. The van der Waals surface area contributed by atoms with Gasteiger partial charge in [-0.2, -0.15) is 0 Å². The lowest BCUT2D eigenvalue weighted by molar-refractivity contribution is -0.141. The van der Waals surface area contributed by atoms with Gasteiger partial charge in [-0.05, 0) is 37.6 Å². The molecule has 1 amide bonds. The van der Waals surface area contributed by atoms with E-state index in [0.29, 0.717) is 34.1 Å². The van der Waals surface area contributed by atoms with Crippen LogP contribution in [-0.4, -0.2) is 33.2 Å². The molecule has 0 saturated carbocycles. The third kappa shape index (κ3) is 4.36. The molecule has 0 spiro atoms. The van der Waals surface area contributed by atoms with E-state index in [0.717, 1.165) is 0 Å². The first-order valence-corrected chi connectivity index (χ1v) is 8.06. The Morgan fingerprint density at radius 3 is 2.31 bits per heavy atom. The lowest BCUT2D eigenvalue weighted by atomic mass is 10.0. The third-order valence-electron chi connectivity index (χ3n) is 4.00. The Kier molecular flexibility index (Phi) is 6.27. The average molecular weight is 361 g/mol. The topological polar surface area (TPSA) is 87.0 Å². The third-order valence-corrected chi connectivity index (χ3v) is 4.00. The molecule has 2 aromatic rings. The quantitative estimate of drug-likeness (QED) is 0.763. The van der Waals surface area contributed by atoms with Gasteiger partial charge in [-0.15, -0.1) is 0 Å². The molecule has 0 unspecified atom stereocenters. The molecule has 7 heteroatoms. The van der Waals surface area contributed by atoms with Crippen LogP contribution in [0.1, 0.15) is 39.9 Å². The summed E-state index contributed by atoms with van der Waals surface area (Å²) < 4.78 is 20.7. The molecule has 0 aliphatic heterocycles. The molecular formula is C19H23NO6. The van der Waals surface area contributed by atoms with Crippen LogP contribution in [-0.2, 0) is 9.53 Å². The Bertz CT molecular complexity index is 795. The van der Waals surface area contributed by atoms with Crippen LogP contribution in [0.2, 0.25) is 0 Å². The number of benzene rings is 1. The smallest absolute Gasteiger partial charge is 0.307 e. The van der Waals surface area contributed by atoms with Gasteiger partial charge in [-0.3, -0.25) is 9.59 Å². The highest BCUT2D eigenvalue weighted by Crippen LogP contribution is 2.31. The molecule has 0 aliphatic rings. The first-order valence-electron chi connectivity index (χ1n) is 8.06. The van der Waals surface area contributed by atoms with Crippen molar-refractivity contribution in [1.82, 2.24) is 5.32 Å². The Balaban J connectivity index is 2.33. The fourth-order valence-electron chi connectivity index (χ4n) is 2.66. The van der Waals surface area contributed by atoms with Crippen molar-refractivity contribution in [2.45, 2.75) is 26.3 Å². The molecular weight excluding hydrogens is 338 g/mol. The van der Waals surface area contributed by atoms with E-state index in [1.165, 1.54) is 21.3 Å². The fourth-order valence-corrected chi connectivity index (χ4v) is 2.66. The Labute approximate surface area is 152 Å². The summed E-state index contributed by atoms with van der Waals surface area (Å²) in [4.78, 5) is 24.4. The number of esters is 1. The van der Waals surface area contributed by atoms with Crippen LogP contribution in [0.5, 0.6) is 11.5 Å². The maximum Gasteiger partial charge on any atom is 0.307 e. The van der Waals surface area contributed by atoms with E-state index in [2.05, 4.69) is 5.32 Å². The molecule has 1 heterocycles. The average Bonchev–Trinajstić information content (AvgIpc) is 2.98. The number of amides is 1. The van der Waals surface area contributed by atoms with Crippen LogP contribution in [0, 0.1) is 13.8 Å². The van der Waals surface area contributed by atoms with Crippen LogP contribution >= 0.6 is 0 Å². The molecule has 7 nitrogen and oxygen atoms in total. The van der Waals surface area contributed by atoms with Gasteiger partial charge in [0.05, 0.1) is 39.4 Å². The zero-order valence-electron chi connectivity index (χ0n) is 15.5. The van der Waals surface area contributed by atoms with Gasteiger partial charge in [-0.1, -0.05) is 6.07 Å². The first kappa shape index (κ1) is 19.4. The van der Waals surface area contributed by atoms with E-state index in [1.54, 1.807) is 38.1 Å². The predicted molar refractivity (Wildman–Crippen MR) is 94.6 cm³/mol. The Morgan fingerprint density at radius 1 is 1.08 bits per heavy atom. The minimum absolute atomic E-state index is 0.0202. The molecule has 1 aromatic heterocycles. The van der Waals surface area contributed by atoms with E-state index < -0.39 is 12.0 Å². The summed E-state index contributed by atoms with van der Waals surface area (Å²) in [6, 6.07) is 6.28. The van der Waals surface area contributed by atoms with Crippen molar-refractivity contribution >= 4 is 11.9 Å². The maximum absolute atomic E-state index is 12.6. The molecule has 1 atom stereocenters. The Hall–Kier alpha value is -2.96. The number of furan rings is 1. The van der Waals surface area contributed by atoms with Crippen molar-refractivity contribution in [3.8, 4) is 11.5 Å². The Morgan fingerprint density at radius 2 is 1.77 bits per heavy atom. The minimum atomic E-state index is -0.593. The second-order valence-electron chi connectivity index (χ2n) is 5.75. The summed E-state index contributed by atoms with van der Waals surface area (Å²) in [5, 5.41) is 2.86. The summed E-state index contributed by atoms with van der Waals surface area (Å²) in [6.07, 6.45) is -0.0202. The van der Waals surface area contributed by atoms with Gasteiger partial charge in [0, 0.05) is 0 Å². The van der Waals surface area contributed by atoms with Gasteiger partial charge >= 0.3 is 5.97 Å². The number of nitrogens with one attached hydrogen (secondary N) is 1. The molecule has 0 radical (unpaired) electrons. The summed E-state index contributed by atoms with van der Waals surface area (Å²) in [6.45, 7) is 3.48. The normalized spacial score (nSPS) is 11.6. The monoisotopic (exact) mass is 361 g/mol. The number of hydrogen-bond acceptors (Lipinski definition) is 6. The van der Waals surface area contributed by atoms with Gasteiger partial charge in [-0.25, -0.2) is 0 Å². The largest absolute Gasteiger partial charge is 0.493 e. The van der Waals surface area contributed by atoms with Crippen LogP contribution in [0.15, 0.2) is 28.7 Å². The predicted octanol–water partition coefficient (Wildman–Crippen LogP) is 2.95. The second-order valence-corrected chi connectivity index (χ2v) is 5.75. The standard InChI is InChI=1S/C19H23NO6/c1-11-8-14(12(2)26-11)19(22)20-15(10-18(21)25-5)13-6-7-16(23-3)17(9-13)24-4/h6-9,15H,10H2,1-5H3,(H,20,22)/t15-/m1/s1. The number of rotatable bonds is 7. The van der Waals surface area contributed by atoms with E-state index >= 15 is 0 Å². The van der Waals surface area contributed by atoms with E-state index in [9.17, 15) is 9.59 Å². The van der Waals surface area contributed by atoms with Crippen molar-refractivity contribution in [2.24, 2.45) is 0 Å². The maximum atomic E-state index is 12.6. The molecule has 0 aliphatic carbocycles. The van der Waals surface area contributed by atoms with Gasteiger partial charge in [0.15, 0.2) is 11.5 Å². The van der Waals surface area contributed by atoms with Gasteiger partial charge in [0.1, 0.15) is 11.5 Å². The zero-order chi connectivity index (χ0) is 19.3. The molecule has 0 bridgehead atoms. The fraction of sp³-hybridized carbons (Fsp3) is 0.368. The van der Waals surface area contributed by atoms with Crippen LogP contribution in [0.3, 0.4) is 0 Å². The number of aryl methyl sites for hydroxylation is 2. The van der Waals surface area contributed by atoms with Crippen LogP contribution in [0.25, 0.3) is 0 Å². The number of ether oxygens (including phenoxy) is 3. The highest BCUT2D eigenvalue weighted by atomic mass is 16.5. The summed E-state index contributed by atoms with van der Waals surface area (Å²) in [7, 11) is 4.36.